The number of guanidine groups is 1. The minimum Gasteiger partial charge on any atom is -0.363 e. The van der Waals surface area contributed by atoms with E-state index in [-0.39, 0.29) is 24.0 Å². The molecule has 0 radical (unpaired) electrons. The fraction of sp³-hybridized carbons (Fsp3) is 0.684. The van der Waals surface area contributed by atoms with Crippen LogP contribution >= 0.6 is 24.0 Å². The number of nitrogens with zero attached hydrogens (tertiary/aromatic N) is 3. The normalized spacial score (nSPS) is 20.8. The molecule has 6 heteroatoms. The van der Waals surface area contributed by atoms with Gasteiger partial charge in [-0.3, -0.25) is 4.99 Å². The van der Waals surface area contributed by atoms with Crippen LogP contribution in [0.25, 0.3) is 0 Å². The van der Waals surface area contributed by atoms with Gasteiger partial charge in [-0.1, -0.05) is 19.9 Å². The van der Waals surface area contributed by atoms with E-state index in [1.807, 2.05) is 44.2 Å². The summed E-state index contributed by atoms with van der Waals surface area (Å²) in [5.74, 6) is 3.54. The van der Waals surface area contributed by atoms with Gasteiger partial charge in [0.05, 0.1) is 12.2 Å². The van der Waals surface area contributed by atoms with E-state index in [4.69, 9.17) is 0 Å². The average Bonchev–Trinajstić information content (AvgIpc) is 2.59. The van der Waals surface area contributed by atoms with Gasteiger partial charge in [0, 0.05) is 27.2 Å². The Morgan fingerprint density at radius 2 is 1.92 bits per heavy atom. The SMILES string of the molecule is CN=C(NCc1cccc(N(C)C)n1)NC1CCC(C(C)C)CC1.I. The molecule has 5 nitrogen and oxygen atoms in total. The molecule has 0 saturated heterocycles. The molecule has 0 unspecified atom stereocenters. The van der Waals surface area contributed by atoms with Crippen LogP contribution in [0.4, 0.5) is 5.82 Å². The summed E-state index contributed by atoms with van der Waals surface area (Å²) in [4.78, 5) is 11.0. The zero-order valence-corrected chi connectivity index (χ0v) is 18.6. The van der Waals surface area contributed by atoms with E-state index < -0.39 is 0 Å². The van der Waals surface area contributed by atoms with Crippen molar-refractivity contribution < 1.29 is 0 Å². The molecule has 0 amide bonds. The number of halogens is 1. The van der Waals surface area contributed by atoms with Crippen molar-refractivity contribution in [1.82, 2.24) is 15.6 Å². The molecule has 0 aromatic carbocycles. The Morgan fingerprint density at radius 1 is 1.24 bits per heavy atom. The van der Waals surface area contributed by atoms with Crippen LogP contribution in [0, 0.1) is 11.8 Å². The second-order valence-electron chi connectivity index (χ2n) is 7.31. The third kappa shape index (κ3) is 6.99. The smallest absolute Gasteiger partial charge is 0.191 e. The summed E-state index contributed by atoms with van der Waals surface area (Å²) < 4.78 is 0. The molecule has 1 aliphatic rings. The summed E-state index contributed by atoms with van der Waals surface area (Å²) in [5.41, 5.74) is 1.02. The first-order valence-electron chi connectivity index (χ1n) is 9.10. The second-order valence-corrected chi connectivity index (χ2v) is 7.31. The Labute approximate surface area is 170 Å². The Bertz CT molecular complexity index is 536. The molecule has 1 saturated carbocycles. The number of anilines is 1. The van der Waals surface area contributed by atoms with Gasteiger partial charge in [0.15, 0.2) is 5.96 Å². The molecule has 1 aromatic rings. The molecule has 1 aliphatic carbocycles. The molecule has 2 rings (SSSR count). The van der Waals surface area contributed by atoms with Crippen LogP contribution in [-0.2, 0) is 6.54 Å². The third-order valence-corrected chi connectivity index (χ3v) is 4.97. The molecule has 0 bridgehead atoms. The van der Waals surface area contributed by atoms with Crippen molar-refractivity contribution in [1.29, 1.82) is 0 Å². The van der Waals surface area contributed by atoms with Crippen LogP contribution in [0.5, 0.6) is 0 Å². The molecule has 1 aromatic heterocycles. The Balaban J connectivity index is 0.00000312. The van der Waals surface area contributed by atoms with Crippen LogP contribution < -0.4 is 15.5 Å². The van der Waals surface area contributed by atoms with Crippen molar-refractivity contribution in [3.63, 3.8) is 0 Å². The third-order valence-electron chi connectivity index (χ3n) is 4.97. The molecular formula is C19H34IN5. The largest absolute Gasteiger partial charge is 0.363 e. The number of aromatic nitrogens is 1. The average molecular weight is 459 g/mol. The highest BCUT2D eigenvalue weighted by Crippen LogP contribution is 2.29. The topological polar surface area (TPSA) is 52.6 Å². The van der Waals surface area contributed by atoms with E-state index in [9.17, 15) is 0 Å². The number of aliphatic imine (C=N–C) groups is 1. The monoisotopic (exact) mass is 459 g/mol. The van der Waals surface area contributed by atoms with Crippen molar-refractivity contribution in [3.8, 4) is 0 Å². The maximum Gasteiger partial charge on any atom is 0.191 e. The molecule has 1 fully saturated rings. The molecular weight excluding hydrogens is 425 g/mol. The fourth-order valence-electron chi connectivity index (χ4n) is 3.31. The number of hydrogen-bond acceptors (Lipinski definition) is 3. The lowest BCUT2D eigenvalue weighted by Crippen LogP contribution is -2.44. The summed E-state index contributed by atoms with van der Waals surface area (Å²) in [6.07, 6.45) is 5.10. The van der Waals surface area contributed by atoms with Crippen molar-refractivity contribution >= 4 is 35.8 Å². The molecule has 0 aliphatic heterocycles. The van der Waals surface area contributed by atoms with Crippen molar-refractivity contribution in [2.24, 2.45) is 16.8 Å². The van der Waals surface area contributed by atoms with Crippen LogP contribution in [0.2, 0.25) is 0 Å². The Morgan fingerprint density at radius 3 is 2.48 bits per heavy atom. The van der Waals surface area contributed by atoms with Crippen LogP contribution in [0.3, 0.4) is 0 Å². The van der Waals surface area contributed by atoms with E-state index >= 15 is 0 Å². The van der Waals surface area contributed by atoms with Gasteiger partial charge < -0.3 is 15.5 Å². The summed E-state index contributed by atoms with van der Waals surface area (Å²) in [5, 5.41) is 6.96. The van der Waals surface area contributed by atoms with Gasteiger partial charge in [0.25, 0.3) is 0 Å². The predicted molar refractivity (Wildman–Crippen MR) is 118 cm³/mol. The lowest BCUT2D eigenvalue weighted by molar-refractivity contribution is 0.250. The van der Waals surface area contributed by atoms with Crippen LogP contribution in [0.1, 0.15) is 45.2 Å². The molecule has 2 N–H and O–H groups in total. The molecule has 0 spiro atoms. The summed E-state index contributed by atoms with van der Waals surface area (Å²) in [6, 6.07) is 6.64. The minimum absolute atomic E-state index is 0. The lowest BCUT2D eigenvalue weighted by Gasteiger charge is -2.32. The summed E-state index contributed by atoms with van der Waals surface area (Å²) in [6.45, 7) is 5.37. The van der Waals surface area contributed by atoms with E-state index in [1.165, 1.54) is 25.7 Å². The highest BCUT2D eigenvalue weighted by atomic mass is 127. The standard InChI is InChI=1S/C19H33N5.HI/c1-14(2)15-9-11-16(12-10-15)23-19(20-3)21-13-17-7-6-8-18(22-17)24(4)5;/h6-8,14-16H,9-13H2,1-5H3,(H2,20,21,23);1H. The van der Waals surface area contributed by atoms with Crippen molar-refractivity contribution in [3.05, 3.63) is 23.9 Å². The van der Waals surface area contributed by atoms with Gasteiger partial charge in [0.2, 0.25) is 0 Å². The molecule has 25 heavy (non-hydrogen) atoms. The van der Waals surface area contributed by atoms with Crippen LogP contribution in [-0.4, -0.2) is 38.1 Å². The van der Waals surface area contributed by atoms with Crippen molar-refractivity contribution in [2.45, 2.75) is 52.1 Å². The van der Waals surface area contributed by atoms with Gasteiger partial charge in [-0.05, 0) is 49.7 Å². The first-order chi connectivity index (χ1) is 11.5. The minimum atomic E-state index is 0. The van der Waals surface area contributed by atoms with Crippen molar-refractivity contribution in [2.75, 3.05) is 26.0 Å². The summed E-state index contributed by atoms with van der Waals surface area (Å²) in [7, 11) is 5.85. The van der Waals surface area contributed by atoms with Gasteiger partial charge in [-0.15, -0.1) is 24.0 Å². The van der Waals surface area contributed by atoms with Gasteiger partial charge in [-0.25, -0.2) is 4.98 Å². The second kappa shape index (κ2) is 10.8. The number of hydrogen-bond donors (Lipinski definition) is 2. The van der Waals surface area contributed by atoms with Gasteiger partial charge in [0.1, 0.15) is 5.82 Å². The molecule has 1 heterocycles. The van der Waals surface area contributed by atoms with E-state index in [1.54, 1.807) is 0 Å². The Hall–Kier alpha value is -1.05. The first kappa shape index (κ1) is 22.0. The zero-order chi connectivity index (χ0) is 17.5. The number of nitrogens with one attached hydrogen (secondary N) is 2. The first-order valence-corrected chi connectivity index (χ1v) is 9.10. The maximum atomic E-state index is 4.64. The lowest BCUT2D eigenvalue weighted by atomic mass is 9.80. The number of rotatable bonds is 5. The fourth-order valence-corrected chi connectivity index (χ4v) is 3.31. The highest BCUT2D eigenvalue weighted by Gasteiger charge is 2.23. The zero-order valence-electron chi connectivity index (χ0n) is 16.2. The quantitative estimate of drug-likeness (QED) is 0.401. The van der Waals surface area contributed by atoms with E-state index in [0.717, 1.165) is 29.3 Å². The molecule has 0 atom stereocenters. The van der Waals surface area contributed by atoms with Gasteiger partial charge >= 0.3 is 0 Å². The van der Waals surface area contributed by atoms with E-state index in [0.29, 0.717) is 12.6 Å². The van der Waals surface area contributed by atoms with Crippen LogP contribution in [0.15, 0.2) is 23.2 Å². The number of pyridine rings is 1. The maximum absolute atomic E-state index is 4.64. The van der Waals surface area contributed by atoms with Gasteiger partial charge in [-0.2, -0.15) is 0 Å². The highest BCUT2D eigenvalue weighted by molar-refractivity contribution is 14.0. The Kier molecular flexibility index (Phi) is 9.53. The van der Waals surface area contributed by atoms with E-state index in [2.05, 4.69) is 34.5 Å². The summed E-state index contributed by atoms with van der Waals surface area (Å²) >= 11 is 0. The molecule has 142 valence electrons. The predicted octanol–water partition coefficient (Wildman–Crippen LogP) is 3.65.